The van der Waals surface area contributed by atoms with E-state index in [2.05, 4.69) is 11.2 Å². The topological polar surface area (TPSA) is 106 Å². The summed E-state index contributed by atoms with van der Waals surface area (Å²) in [5, 5.41) is 14.2. The van der Waals surface area contributed by atoms with Gasteiger partial charge in [0, 0.05) is 29.4 Å². The summed E-state index contributed by atoms with van der Waals surface area (Å²) >= 11 is 1.56. The largest absolute Gasteiger partial charge is 0.489 e. The number of ether oxygens (including phenoxy) is 2. The van der Waals surface area contributed by atoms with Crippen molar-refractivity contribution in [1.82, 2.24) is 14.7 Å². The second-order valence-corrected chi connectivity index (χ2v) is 9.28. The molecule has 8 nitrogen and oxygen atoms in total. The number of benzene rings is 1. The molecule has 1 aliphatic heterocycles. The quantitative estimate of drug-likeness (QED) is 0.516. The lowest BCUT2D eigenvalue weighted by Crippen LogP contribution is -2.41. The van der Waals surface area contributed by atoms with E-state index in [9.17, 15) is 10.1 Å². The molecule has 0 unspecified atom stereocenters. The van der Waals surface area contributed by atoms with Crippen molar-refractivity contribution >= 4 is 17.9 Å². The number of nitrogens with zero attached hydrogens (tertiary/aromatic N) is 4. The lowest BCUT2D eigenvalue weighted by atomic mass is 10.1. The number of piperidine rings is 1. The predicted molar refractivity (Wildman–Crippen MR) is 117 cm³/mol. The van der Waals surface area contributed by atoms with Crippen molar-refractivity contribution in [2.45, 2.75) is 55.8 Å². The SMILES string of the molecule is CC1(OC(=O)N2CCC(n3ncc(COc4ccc(SCN)cc4)c3C#N)CC2)CC1. The molecule has 2 N–H and O–H groups in total. The van der Waals surface area contributed by atoms with E-state index in [1.807, 2.05) is 31.2 Å². The van der Waals surface area contributed by atoms with Crippen molar-refractivity contribution in [1.29, 1.82) is 5.26 Å². The zero-order valence-corrected chi connectivity index (χ0v) is 18.4. The fourth-order valence-corrected chi connectivity index (χ4v) is 4.16. The van der Waals surface area contributed by atoms with Crippen molar-refractivity contribution in [3.63, 3.8) is 0 Å². The summed E-state index contributed by atoms with van der Waals surface area (Å²) in [5.74, 6) is 1.26. The average molecular weight is 442 g/mol. The van der Waals surface area contributed by atoms with Crippen molar-refractivity contribution < 1.29 is 14.3 Å². The third kappa shape index (κ3) is 5.14. The summed E-state index contributed by atoms with van der Waals surface area (Å²) in [7, 11) is 0. The van der Waals surface area contributed by atoms with Crippen LogP contribution in [0, 0.1) is 11.3 Å². The minimum Gasteiger partial charge on any atom is -0.489 e. The Labute approximate surface area is 186 Å². The zero-order chi connectivity index (χ0) is 21.8. The molecule has 31 heavy (non-hydrogen) atoms. The Morgan fingerprint density at radius 2 is 2.03 bits per heavy atom. The number of thioether (sulfide) groups is 1. The minimum atomic E-state index is -0.262. The molecule has 1 aliphatic carbocycles. The molecule has 1 aromatic heterocycles. The summed E-state index contributed by atoms with van der Waals surface area (Å²) in [6.45, 7) is 3.44. The molecule has 2 heterocycles. The van der Waals surface area contributed by atoms with Gasteiger partial charge in [0.15, 0.2) is 0 Å². The lowest BCUT2D eigenvalue weighted by Gasteiger charge is -2.32. The number of hydrogen-bond acceptors (Lipinski definition) is 7. The van der Waals surface area contributed by atoms with Crippen molar-refractivity contribution in [3.05, 3.63) is 41.7 Å². The van der Waals surface area contributed by atoms with E-state index in [4.69, 9.17) is 15.2 Å². The van der Waals surface area contributed by atoms with Crippen LogP contribution in [0.4, 0.5) is 4.79 Å². The number of aromatic nitrogens is 2. The van der Waals surface area contributed by atoms with Gasteiger partial charge in [0.05, 0.1) is 12.2 Å². The molecule has 1 aromatic carbocycles. The summed E-state index contributed by atoms with van der Waals surface area (Å²) in [6.07, 6.45) is 4.83. The molecular formula is C22H27N5O3S. The maximum Gasteiger partial charge on any atom is 0.410 e. The van der Waals surface area contributed by atoms with Crippen LogP contribution >= 0.6 is 11.8 Å². The van der Waals surface area contributed by atoms with Crippen molar-refractivity contribution in [3.8, 4) is 11.8 Å². The average Bonchev–Trinajstić information content (AvgIpc) is 3.36. The molecule has 0 spiro atoms. The van der Waals surface area contributed by atoms with Crippen LogP contribution in [0.3, 0.4) is 0 Å². The summed E-state index contributed by atoms with van der Waals surface area (Å²) in [4.78, 5) is 15.1. The van der Waals surface area contributed by atoms with Gasteiger partial charge >= 0.3 is 6.09 Å². The highest BCUT2D eigenvalue weighted by atomic mass is 32.2. The first kappa shape index (κ1) is 21.5. The Balaban J connectivity index is 1.34. The molecule has 2 fully saturated rings. The second kappa shape index (κ2) is 9.20. The molecule has 0 atom stereocenters. The number of amides is 1. The third-order valence-electron chi connectivity index (χ3n) is 5.80. The van der Waals surface area contributed by atoms with Gasteiger partial charge in [0.1, 0.15) is 29.7 Å². The zero-order valence-electron chi connectivity index (χ0n) is 17.6. The first-order valence-corrected chi connectivity index (χ1v) is 11.5. The maximum atomic E-state index is 12.3. The second-order valence-electron chi connectivity index (χ2n) is 8.18. The molecule has 4 rings (SSSR count). The monoisotopic (exact) mass is 441 g/mol. The summed E-state index contributed by atoms with van der Waals surface area (Å²) in [5.41, 5.74) is 6.55. The smallest absolute Gasteiger partial charge is 0.410 e. The van der Waals surface area contributed by atoms with Gasteiger partial charge in [-0.3, -0.25) is 4.68 Å². The van der Waals surface area contributed by atoms with Gasteiger partial charge < -0.3 is 20.1 Å². The standard InChI is InChI=1S/C22H27N5O3S/c1-22(8-9-22)30-21(28)26-10-6-17(7-11-26)27-20(12-23)16(13-25-27)14-29-18-2-4-19(5-3-18)31-15-24/h2-5,13,17H,6-11,14-15,24H2,1H3. The number of carbonyl (C=O) groups is 1. The van der Waals surface area contributed by atoms with Crippen molar-refractivity contribution in [2.75, 3.05) is 19.0 Å². The Morgan fingerprint density at radius 1 is 1.32 bits per heavy atom. The van der Waals surface area contributed by atoms with E-state index in [1.165, 1.54) is 0 Å². The minimum absolute atomic E-state index is 0.0801. The van der Waals surface area contributed by atoms with Gasteiger partial charge in [-0.1, -0.05) is 0 Å². The van der Waals surface area contributed by atoms with Gasteiger partial charge in [-0.15, -0.1) is 11.8 Å². The lowest BCUT2D eigenvalue weighted by molar-refractivity contribution is 0.0489. The van der Waals surface area contributed by atoms with E-state index >= 15 is 0 Å². The number of likely N-dealkylation sites (tertiary alicyclic amines) is 1. The fraction of sp³-hybridized carbons (Fsp3) is 0.500. The van der Waals surface area contributed by atoms with Crippen LogP contribution in [0.1, 0.15) is 49.9 Å². The Hall–Kier alpha value is -2.70. The molecule has 1 saturated carbocycles. The number of carbonyl (C=O) groups excluding carboxylic acids is 1. The number of nitrogens with two attached hydrogens (primary N) is 1. The van der Waals surface area contributed by atoms with Crippen LogP contribution in [0.15, 0.2) is 35.4 Å². The molecule has 1 saturated heterocycles. The molecule has 0 radical (unpaired) electrons. The van der Waals surface area contributed by atoms with Crippen LogP contribution in [-0.4, -0.2) is 45.3 Å². The van der Waals surface area contributed by atoms with Gasteiger partial charge in [-0.05, 0) is 56.9 Å². The maximum absolute atomic E-state index is 12.3. The molecule has 164 valence electrons. The van der Waals surface area contributed by atoms with Gasteiger partial charge in [0.25, 0.3) is 0 Å². The van der Waals surface area contributed by atoms with Crippen LogP contribution < -0.4 is 10.5 Å². The highest BCUT2D eigenvalue weighted by molar-refractivity contribution is 7.99. The molecule has 2 aromatic rings. The van der Waals surface area contributed by atoms with Gasteiger partial charge in [0.2, 0.25) is 0 Å². The van der Waals surface area contributed by atoms with E-state index in [-0.39, 0.29) is 24.3 Å². The number of rotatable bonds is 7. The molecule has 9 heteroatoms. The fourth-order valence-electron chi connectivity index (χ4n) is 3.64. The normalized spacial score (nSPS) is 17.8. The summed E-state index contributed by atoms with van der Waals surface area (Å²) in [6, 6.07) is 10.1. The highest BCUT2D eigenvalue weighted by Gasteiger charge is 2.43. The van der Waals surface area contributed by atoms with Crippen LogP contribution in [0.2, 0.25) is 0 Å². The Bertz CT molecular complexity index is 957. The third-order valence-corrected chi connectivity index (χ3v) is 6.57. The van der Waals surface area contributed by atoms with E-state index in [0.717, 1.165) is 41.9 Å². The van der Waals surface area contributed by atoms with Crippen molar-refractivity contribution in [2.24, 2.45) is 5.73 Å². The highest BCUT2D eigenvalue weighted by Crippen LogP contribution is 2.39. The number of nitriles is 1. The van der Waals surface area contributed by atoms with E-state index < -0.39 is 0 Å². The van der Waals surface area contributed by atoms with Gasteiger partial charge in [-0.2, -0.15) is 10.4 Å². The Morgan fingerprint density at radius 3 is 2.65 bits per heavy atom. The molecule has 2 aliphatic rings. The predicted octanol–water partition coefficient (Wildman–Crippen LogP) is 3.67. The van der Waals surface area contributed by atoms with Gasteiger partial charge in [-0.25, -0.2) is 4.79 Å². The van der Waals surface area contributed by atoms with Crippen LogP contribution in [0.25, 0.3) is 0 Å². The van der Waals surface area contributed by atoms with E-state index in [0.29, 0.717) is 24.7 Å². The van der Waals surface area contributed by atoms with Crippen LogP contribution in [0.5, 0.6) is 5.75 Å². The molecular weight excluding hydrogens is 414 g/mol. The first-order valence-electron chi connectivity index (χ1n) is 10.5. The molecule has 1 amide bonds. The molecule has 0 bridgehead atoms. The van der Waals surface area contributed by atoms with E-state index in [1.54, 1.807) is 27.5 Å². The van der Waals surface area contributed by atoms with Crippen LogP contribution in [-0.2, 0) is 11.3 Å². The Kier molecular flexibility index (Phi) is 6.39. The number of hydrogen-bond donors (Lipinski definition) is 1. The summed E-state index contributed by atoms with van der Waals surface area (Å²) < 4.78 is 13.2. The first-order chi connectivity index (χ1) is 15.0.